The van der Waals surface area contributed by atoms with Crippen LogP contribution < -0.4 is 0 Å². The van der Waals surface area contributed by atoms with Crippen molar-refractivity contribution in [2.45, 2.75) is 13.0 Å². The second kappa shape index (κ2) is 5.31. The van der Waals surface area contributed by atoms with E-state index >= 15 is 0 Å². The number of aliphatic hydroxyl groups excluding tert-OH is 1. The maximum atomic E-state index is 10.7. The van der Waals surface area contributed by atoms with Gasteiger partial charge in [0.05, 0.1) is 23.3 Å². The maximum Gasteiger partial charge on any atom is 0.133 e. The smallest absolute Gasteiger partial charge is 0.133 e. The van der Waals surface area contributed by atoms with Gasteiger partial charge in [-0.2, -0.15) is 5.10 Å². The second-order valence-electron chi connectivity index (χ2n) is 4.72. The van der Waals surface area contributed by atoms with E-state index in [-0.39, 0.29) is 0 Å². The quantitative estimate of drug-likeness (QED) is 0.804. The molecule has 1 N–H and O–H groups in total. The Hall–Kier alpha value is -2.18. The van der Waals surface area contributed by atoms with Crippen molar-refractivity contribution < 1.29 is 5.11 Å². The lowest BCUT2D eigenvalue weighted by atomic mass is 10.1. The Morgan fingerprint density at radius 1 is 1.24 bits per heavy atom. The standard InChI is InChI=1S/C14H14ClN5O/c1-9-12(14(15)19(2)17-9)13(21)11-8-16-18-20(11)10-6-4-3-5-7-10/h3-8,13,21H,1-2H3. The van der Waals surface area contributed by atoms with Crippen molar-refractivity contribution in [3.63, 3.8) is 0 Å². The molecule has 3 aromatic rings. The Morgan fingerprint density at radius 2 is 1.95 bits per heavy atom. The molecular formula is C14H14ClN5O. The summed E-state index contributed by atoms with van der Waals surface area (Å²) >= 11 is 6.21. The highest BCUT2D eigenvalue weighted by Crippen LogP contribution is 2.30. The summed E-state index contributed by atoms with van der Waals surface area (Å²) in [5.74, 6) is 0. The van der Waals surface area contributed by atoms with Gasteiger partial charge in [0, 0.05) is 12.6 Å². The van der Waals surface area contributed by atoms with E-state index in [1.807, 2.05) is 30.3 Å². The van der Waals surface area contributed by atoms with Gasteiger partial charge in [-0.05, 0) is 19.1 Å². The van der Waals surface area contributed by atoms with Gasteiger partial charge in [0.2, 0.25) is 0 Å². The molecule has 0 saturated heterocycles. The highest BCUT2D eigenvalue weighted by molar-refractivity contribution is 6.30. The molecule has 0 fully saturated rings. The number of aryl methyl sites for hydroxylation is 2. The van der Waals surface area contributed by atoms with E-state index < -0.39 is 6.10 Å². The summed E-state index contributed by atoms with van der Waals surface area (Å²) in [4.78, 5) is 0. The largest absolute Gasteiger partial charge is 0.382 e. The monoisotopic (exact) mass is 303 g/mol. The van der Waals surface area contributed by atoms with Crippen molar-refractivity contribution in [1.29, 1.82) is 0 Å². The first-order valence-electron chi connectivity index (χ1n) is 6.42. The molecule has 0 radical (unpaired) electrons. The molecule has 3 rings (SSSR count). The minimum absolute atomic E-state index is 0.404. The molecule has 2 heterocycles. The normalized spacial score (nSPS) is 12.6. The van der Waals surface area contributed by atoms with E-state index in [1.54, 1.807) is 18.7 Å². The number of benzene rings is 1. The number of nitrogens with zero attached hydrogens (tertiary/aromatic N) is 5. The lowest BCUT2D eigenvalue weighted by Gasteiger charge is -2.12. The summed E-state index contributed by atoms with van der Waals surface area (Å²) in [6, 6.07) is 9.49. The van der Waals surface area contributed by atoms with Gasteiger partial charge in [0.1, 0.15) is 11.3 Å². The zero-order chi connectivity index (χ0) is 15.0. The third-order valence-electron chi connectivity index (χ3n) is 3.33. The fraction of sp³-hybridized carbons (Fsp3) is 0.214. The summed E-state index contributed by atoms with van der Waals surface area (Å²) in [7, 11) is 1.73. The van der Waals surface area contributed by atoms with Crippen LogP contribution in [0.15, 0.2) is 36.5 Å². The lowest BCUT2D eigenvalue weighted by Crippen LogP contribution is -2.09. The fourth-order valence-corrected chi connectivity index (χ4v) is 2.58. The van der Waals surface area contributed by atoms with Crippen LogP contribution >= 0.6 is 11.6 Å². The Kier molecular flexibility index (Phi) is 3.48. The molecule has 0 aliphatic heterocycles. The molecule has 0 aliphatic rings. The van der Waals surface area contributed by atoms with Crippen LogP contribution in [0.2, 0.25) is 5.15 Å². The minimum atomic E-state index is -0.943. The third kappa shape index (κ3) is 2.32. The van der Waals surface area contributed by atoms with E-state index in [0.29, 0.717) is 22.1 Å². The molecule has 1 atom stereocenters. The summed E-state index contributed by atoms with van der Waals surface area (Å²) < 4.78 is 3.12. The van der Waals surface area contributed by atoms with Crippen LogP contribution in [0.5, 0.6) is 0 Å². The average molecular weight is 304 g/mol. The Morgan fingerprint density at radius 3 is 2.57 bits per heavy atom. The zero-order valence-corrected chi connectivity index (χ0v) is 12.4. The molecule has 1 aromatic carbocycles. The topological polar surface area (TPSA) is 68.8 Å². The van der Waals surface area contributed by atoms with Crippen molar-refractivity contribution in [3.05, 3.63) is 58.6 Å². The number of halogens is 1. The second-order valence-corrected chi connectivity index (χ2v) is 5.08. The first kappa shape index (κ1) is 13.8. The summed E-state index contributed by atoms with van der Waals surface area (Å²) in [5.41, 5.74) is 2.61. The molecule has 1 unspecified atom stereocenters. The molecule has 7 heteroatoms. The van der Waals surface area contributed by atoms with Gasteiger partial charge in [0.25, 0.3) is 0 Å². The predicted molar refractivity (Wildman–Crippen MR) is 78.4 cm³/mol. The lowest BCUT2D eigenvalue weighted by molar-refractivity contribution is 0.211. The van der Waals surface area contributed by atoms with Crippen LogP contribution in [0.1, 0.15) is 23.1 Å². The fourth-order valence-electron chi connectivity index (χ4n) is 2.30. The minimum Gasteiger partial charge on any atom is -0.382 e. The molecule has 21 heavy (non-hydrogen) atoms. The van der Waals surface area contributed by atoms with Crippen molar-refractivity contribution in [3.8, 4) is 5.69 Å². The highest BCUT2D eigenvalue weighted by atomic mass is 35.5. The maximum absolute atomic E-state index is 10.7. The van der Waals surface area contributed by atoms with Crippen molar-refractivity contribution in [1.82, 2.24) is 24.8 Å². The first-order valence-corrected chi connectivity index (χ1v) is 6.80. The molecule has 0 bridgehead atoms. The van der Waals surface area contributed by atoms with Crippen LogP contribution in [-0.2, 0) is 7.05 Å². The molecular weight excluding hydrogens is 290 g/mol. The van der Waals surface area contributed by atoms with Gasteiger partial charge < -0.3 is 5.11 Å². The molecule has 0 aliphatic carbocycles. The molecule has 108 valence electrons. The first-order chi connectivity index (χ1) is 10.1. The SMILES string of the molecule is Cc1nn(C)c(Cl)c1C(O)c1cnnn1-c1ccccc1. The van der Waals surface area contributed by atoms with Gasteiger partial charge in [-0.1, -0.05) is 35.0 Å². The van der Waals surface area contributed by atoms with E-state index in [9.17, 15) is 5.11 Å². The number of hydrogen-bond acceptors (Lipinski definition) is 4. The van der Waals surface area contributed by atoms with Crippen LogP contribution in [-0.4, -0.2) is 29.9 Å². The van der Waals surface area contributed by atoms with Gasteiger partial charge in [-0.3, -0.25) is 4.68 Å². The third-order valence-corrected chi connectivity index (χ3v) is 3.77. The Labute approximate surface area is 126 Å². The van der Waals surface area contributed by atoms with Crippen LogP contribution in [0, 0.1) is 6.92 Å². The van der Waals surface area contributed by atoms with Crippen LogP contribution in [0.4, 0.5) is 0 Å². The molecule has 0 saturated carbocycles. The van der Waals surface area contributed by atoms with Crippen molar-refractivity contribution in [2.75, 3.05) is 0 Å². The number of hydrogen-bond donors (Lipinski definition) is 1. The van der Waals surface area contributed by atoms with Gasteiger partial charge in [0.15, 0.2) is 0 Å². The van der Waals surface area contributed by atoms with E-state index in [2.05, 4.69) is 15.4 Å². The van der Waals surface area contributed by atoms with E-state index in [1.165, 1.54) is 10.9 Å². The zero-order valence-electron chi connectivity index (χ0n) is 11.6. The number of aromatic nitrogens is 5. The molecule has 6 nitrogen and oxygen atoms in total. The average Bonchev–Trinajstić information content (AvgIpc) is 3.05. The van der Waals surface area contributed by atoms with E-state index in [4.69, 9.17) is 11.6 Å². The van der Waals surface area contributed by atoms with E-state index in [0.717, 1.165) is 5.69 Å². The van der Waals surface area contributed by atoms with Crippen molar-refractivity contribution in [2.24, 2.45) is 7.05 Å². The summed E-state index contributed by atoms with van der Waals surface area (Å²) in [6.45, 7) is 1.81. The van der Waals surface area contributed by atoms with Crippen molar-refractivity contribution >= 4 is 11.6 Å². The van der Waals surface area contributed by atoms with Crippen LogP contribution in [0.25, 0.3) is 5.69 Å². The van der Waals surface area contributed by atoms with Gasteiger partial charge in [-0.15, -0.1) is 5.10 Å². The predicted octanol–water partition coefficient (Wildman–Crippen LogP) is 2.04. The molecule has 0 amide bonds. The number of rotatable bonds is 3. The molecule has 0 spiro atoms. The van der Waals surface area contributed by atoms with Gasteiger partial charge in [-0.25, -0.2) is 4.68 Å². The Bertz CT molecular complexity index is 765. The summed E-state index contributed by atoms with van der Waals surface area (Å²) in [6.07, 6.45) is 0.585. The van der Waals surface area contributed by atoms with Gasteiger partial charge >= 0.3 is 0 Å². The van der Waals surface area contributed by atoms with Crippen LogP contribution in [0.3, 0.4) is 0 Å². The number of aliphatic hydroxyl groups is 1. The summed E-state index contributed by atoms with van der Waals surface area (Å²) in [5, 5.41) is 23.2. The number of para-hydroxylation sites is 1. The highest BCUT2D eigenvalue weighted by Gasteiger charge is 2.24. The molecule has 2 aromatic heterocycles. The Balaban J connectivity index is 2.08.